The number of carbonyl (C=O) groups is 2. The lowest BCUT2D eigenvalue weighted by molar-refractivity contribution is 0.0600. The van der Waals surface area contributed by atoms with Gasteiger partial charge in [0, 0.05) is 7.05 Å². The Hall–Kier alpha value is -3.52. The molecule has 28 heavy (non-hydrogen) atoms. The number of hydrogen-bond acceptors (Lipinski definition) is 6. The number of aryl methyl sites for hydroxylation is 1. The van der Waals surface area contributed by atoms with Crippen LogP contribution in [0.3, 0.4) is 0 Å². The van der Waals surface area contributed by atoms with Gasteiger partial charge in [-0.05, 0) is 30.3 Å². The number of rotatable bonds is 2. The minimum Gasteiger partial charge on any atom is -0.465 e. The van der Waals surface area contributed by atoms with Gasteiger partial charge in [-0.25, -0.2) is 4.79 Å². The normalized spacial score (nSPS) is 11.9. The molecule has 7 nitrogen and oxygen atoms in total. The predicted octanol–water partition coefficient (Wildman–Crippen LogP) is 2.87. The maximum Gasteiger partial charge on any atom is 0.337 e. The summed E-state index contributed by atoms with van der Waals surface area (Å²) in [7, 11) is 3.07. The number of methoxy groups -OCH3 is 1. The van der Waals surface area contributed by atoms with Crippen molar-refractivity contribution in [2.75, 3.05) is 7.11 Å². The SMILES string of the molecule is COC(=O)c1ccc2c(c1)sc(=NC(=O)c1coc3ccccc3c1=O)n2C. The van der Waals surface area contributed by atoms with Crippen LogP contribution in [0.1, 0.15) is 20.7 Å². The highest BCUT2D eigenvalue weighted by atomic mass is 32.1. The highest BCUT2D eigenvalue weighted by Gasteiger charge is 2.15. The molecule has 1 amide bonds. The third kappa shape index (κ3) is 2.93. The van der Waals surface area contributed by atoms with Crippen LogP contribution >= 0.6 is 11.3 Å². The molecule has 0 spiro atoms. The lowest BCUT2D eigenvalue weighted by Gasteiger charge is -2.00. The van der Waals surface area contributed by atoms with E-state index in [9.17, 15) is 14.4 Å². The predicted molar refractivity (Wildman–Crippen MR) is 105 cm³/mol. The minimum atomic E-state index is -0.685. The Labute approximate surface area is 162 Å². The van der Waals surface area contributed by atoms with Crippen LogP contribution in [0.15, 0.2) is 62.9 Å². The molecule has 0 radical (unpaired) electrons. The lowest BCUT2D eigenvalue weighted by Crippen LogP contribution is -2.18. The average molecular weight is 394 g/mol. The molecule has 0 aliphatic heterocycles. The van der Waals surface area contributed by atoms with Gasteiger partial charge in [0.2, 0.25) is 5.43 Å². The van der Waals surface area contributed by atoms with Crippen LogP contribution < -0.4 is 10.2 Å². The first kappa shape index (κ1) is 17.9. The van der Waals surface area contributed by atoms with Crippen molar-refractivity contribution in [3.63, 3.8) is 0 Å². The molecule has 0 aliphatic carbocycles. The molecule has 0 N–H and O–H groups in total. The summed E-state index contributed by atoms with van der Waals surface area (Å²) in [5, 5.41) is 0.326. The molecule has 0 unspecified atom stereocenters. The van der Waals surface area contributed by atoms with E-state index in [-0.39, 0.29) is 5.56 Å². The molecule has 2 aromatic heterocycles. The van der Waals surface area contributed by atoms with Gasteiger partial charge in [-0.3, -0.25) is 9.59 Å². The Kier molecular flexibility index (Phi) is 4.40. The Morgan fingerprint density at radius 2 is 1.96 bits per heavy atom. The third-order valence-electron chi connectivity index (χ3n) is 4.34. The topological polar surface area (TPSA) is 90.9 Å². The molecule has 2 aromatic carbocycles. The van der Waals surface area contributed by atoms with Crippen LogP contribution in [0.5, 0.6) is 0 Å². The van der Waals surface area contributed by atoms with Gasteiger partial charge in [0.25, 0.3) is 5.91 Å². The fourth-order valence-corrected chi connectivity index (χ4v) is 3.91. The van der Waals surface area contributed by atoms with Crippen molar-refractivity contribution in [2.45, 2.75) is 0 Å². The summed E-state index contributed by atoms with van der Waals surface area (Å²) in [6.07, 6.45) is 1.14. The number of ether oxygens (including phenoxy) is 1. The molecule has 0 aliphatic rings. The van der Waals surface area contributed by atoms with Gasteiger partial charge < -0.3 is 13.7 Å². The first-order chi connectivity index (χ1) is 13.5. The molecule has 0 atom stereocenters. The number of fused-ring (bicyclic) bond motifs is 2. The van der Waals surface area contributed by atoms with Crippen molar-refractivity contribution in [3.8, 4) is 0 Å². The van der Waals surface area contributed by atoms with E-state index in [1.54, 1.807) is 54.1 Å². The van der Waals surface area contributed by atoms with Gasteiger partial charge in [-0.2, -0.15) is 4.99 Å². The number of hydrogen-bond donors (Lipinski definition) is 0. The Balaban J connectivity index is 1.82. The number of aromatic nitrogens is 1. The molecule has 140 valence electrons. The third-order valence-corrected chi connectivity index (χ3v) is 5.43. The number of amides is 1. The van der Waals surface area contributed by atoms with Crippen molar-refractivity contribution in [2.24, 2.45) is 12.0 Å². The Bertz CT molecular complexity index is 1380. The summed E-state index contributed by atoms with van der Waals surface area (Å²) in [6.45, 7) is 0. The van der Waals surface area contributed by atoms with E-state index in [4.69, 9.17) is 9.15 Å². The van der Waals surface area contributed by atoms with Crippen molar-refractivity contribution in [3.05, 3.63) is 74.9 Å². The van der Waals surface area contributed by atoms with Crippen molar-refractivity contribution >= 4 is 44.4 Å². The number of nitrogens with zero attached hydrogens (tertiary/aromatic N) is 2. The maximum absolute atomic E-state index is 12.6. The first-order valence-electron chi connectivity index (χ1n) is 8.27. The summed E-state index contributed by atoms with van der Waals surface area (Å²) in [4.78, 5) is 41.4. The highest BCUT2D eigenvalue weighted by molar-refractivity contribution is 7.16. The second-order valence-electron chi connectivity index (χ2n) is 6.01. The Morgan fingerprint density at radius 1 is 1.18 bits per heavy atom. The average Bonchev–Trinajstić information content (AvgIpc) is 3.02. The molecule has 2 heterocycles. The lowest BCUT2D eigenvalue weighted by atomic mass is 10.2. The first-order valence-corrected chi connectivity index (χ1v) is 9.09. The van der Waals surface area contributed by atoms with E-state index in [1.165, 1.54) is 18.4 Å². The van der Waals surface area contributed by atoms with E-state index in [1.807, 2.05) is 0 Å². The Morgan fingerprint density at radius 3 is 2.75 bits per heavy atom. The van der Waals surface area contributed by atoms with Crippen molar-refractivity contribution in [1.82, 2.24) is 4.57 Å². The van der Waals surface area contributed by atoms with Crippen LogP contribution in [0.4, 0.5) is 0 Å². The number of esters is 1. The standard InChI is InChI=1S/C20H14N2O5S/c1-22-14-8-7-11(19(25)26-2)9-16(14)28-20(22)21-18(24)13-10-27-15-6-4-3-5-12(15)17(13)23/h3-10H,1-2H3. The summed E-state index contributed by atoms with van der Waals surface area (Å²) < 4.78 is 12.6. The summed E-state index contributed by atoms with van der Waals surface area (Å²) >= 11 is 1.23. The minimum absolute atomic E-state index is 0.133. The van der Waals surface area contributed by atoms with E-state index in [0.717, 1.165) is 16.5 Å². The molecule has 4 rings (SSSR count). The van der Waals surface area contributed by atoms with E-state index < -0.39 is 17.3 Å². The maximum atomic E-state index is 12.6. The zero-order valence-corrected chi connectivity index (χ0v) is 15.8. The zero-order chi connectivity index (χ0) is 19.8. The van der Waals surface area contributed by atoms with E-state index >= 15 is 0 Å². The fourth-order valence-electron chi connectivity index (χ4n) is 2.86. The number of carbonyl (C=O) groups excluding carboxylic acids is 2. The highest BCUT2D eigenvalue weighted by Crippen LogP contribution is 2.19. The fraction of sp³-hybridized carbons (Fsp3) is 0.100. The summed E-state index contributed by atoms with van der Waals surface area (Å²) in [5.41, 5.74) is 1.06. The van der Waals surface area contributed by atoms with Gasteiger partial charge in [-0.15, -0.1) is 0 Å². The van der Waals surface area contributed by atoms with Crippen LogP contribution in [0.2, 0.25) is 0 Å². The zero-order valence-electron chi connectivity index (χ0n) is 15.0. The van der Waals surface area contributed by atoms with Crippen LogP contribution in [0.25, 0.3) is 21.2 Å². The van der Waals surface area contributed by atoms with Gasteiger partial charge >= 0.3 is 5.97 Å². The van der Waals surface area contributed by atoms with Gasteiger partial charge in [0.15, 0.2) is 4.80 Å². The number of para-hydroxylation sites is 1. The molecule has 0 fully saturated rings. The van der Waals surface area contributed by atoms with Crippen LogP contribution in [0, 0.1) is 0 Å². The molecule has 0 bridgehead atoms. The van der Waals surface area contributed by atoms with E-state index in [2.05, 4.69) is 4.99 Å². The molecule has 0 saturated carbocycles. The quantitative estimate of drug-likeness (QED) is 0.488. The molecular formula is C20H14N2O5S. The second-order valence-corrected chi connectivity index (χ2v) is 7.02. The van der Waals surface area contributed by atoms with E-state index in [0.29, 0.717) is 21.3 Å². The molecule has 8 heteroatoms. The van der Waals surface area contributed by atoms with Gasteiger partial charge in [-0.1, -0.05) is 23.5 Å². The van der Waals surface area contributed by atoms with Crippen molar-refractivity contribution in [1.29, 1.82) is 0 Å². The molecule has 4 aromatic rings. The summed E-state index contributed by atoms with van der Waals surface area (Å²) in [6, 6.07) is 11.8. The van der Waals surface area contributed by atoms with Gasteiger partial charge in [0.05, 0.1) is 28.3 Å². The molecular weight excluding hydrogens is 380 g/mol. The number of thiazole rings is 1. The molecule has 0 saturated heterocycles. The van der Waals surface area contributed by atoms with Crippen molar-refractivity contribution < 1.29 is 18.7 Å². The summed E-state index contributed by atoms with van der Waals surface area (Å²) in [5.74, 6) is -1.13. The van der Waals surface area contributed by atoms with Crippen LogP contribution in [-0.4, -0.2) is 23.6 Å². The van der Waals surface area contributed by atoms with Gasteiger partial charge in [0.1, 0.15) is 17.4 Å². The number of benzene rings is 2. The largest absolute Gasteiger partial charge is 0.465 e. The smallest absolute Gasteiger partial charge is 0.337 e. The second kappa shape index (κ2) is 6.90. The monoisotopic (exact) mass is 394 g/mol. The van der Waals surface area contributed by atoms with Crippen LogP contribution in [-0.2, 0) is 11.8 Å².